The smallest absolute Gasteiger partial charge is 0.224 e. The SMILES string of the molecule is CC(C)CC(O)CNC(=O)C1CCNC1C. The molecule has 4 nitrogen and oxygen atoms in total. The molecule has 1 amide bonds. The second-order valence-corrected chi connectivity index (χ2v) is 5.17. The molecule has 1 saturated heterocycles. The lowest BCUT2D eigenvalue weighted by atomic mass is 10.0. The molecule has 0 aliphatic carbocycles. The molecule has 0 radical (unpaired) electrons. The van der Waals surface area contributed by atoms with Crippen LogP contribution in [0.4, 0.5) is 0 Å². The zero-order valence-electron chi connectivity index (χ0n) is 10.5. The molecule has 1 fully saturated rings. The second-order valence-electron chi connectivity index (χ2n) is 5.17. The van der Waals surface area contributed by atoms with Gasteiger partial charge in [-0.25, -0.2) is 0 Å². The van der Waals surface area contributed by atoms with Gasteiger partial charge in [-0.05, 0) is 32.2 Å². The van der Waals surface area contributed by atoms with Crippen LogP contribution in [-0.4, -0.2) is 36.2 Å². The lowest BCUT2D eigenvalue weighted by molar-refractivity contribution is -0.125. The molecule has 94 valence electrons. The lowest BCUT2D eigenvalue weighted by Crippen LogP contribution is -2.40. The van der Waals surface area contributed by atoms with Crippen LogP contribution in [0.3, 0.4) is 0 Å². The maximum Gasteiger partial charge on any atom is 0.224 e. The Kier molecular flexibility index (Phi) is 5.22. The molecule has 1 aliphatic heterocycles. The first-order chi connectivity index (χ1) is 7.50. The van der Waals surface area contributed by atoms with Crippen molar-refractivity contribution in [3.8, 4) is 0 Å². The van der Waals surface area contributed by atoms with Crippen molar-refractivity contribution >= 4 is 5.91 Å². The summed E-state index contributed by atoms with van der Waals surface area (Å²) in [5, 5.41) is 15.7. The number of aliphatic hydroxyl groups is 1. The van der Waals surface area contributed by atoms with Crippen LogP contribution >= 0.6 is 0 Å². The van der Waals surface area contributed by atoms with Crippen LogP contribution in [0.1, 0.15) is 33.6 Å². The van der Waals surface area contributed by atoms with Crippen LogP contribution in [0, 0.1) is 11.8 Å². The van der Waals surface area contributed by atoms with E-state index in [-0.39, 0.29) is 17.9 Å². The van der Waals surface area contributed by atoms with E-state index in [1.54, 1.807) is 0 Å². The second kappa shape index (κ2) is 6.21. The summed E-state index contributed by atoms with van der Waals surface area (Å²) in [6.45, 7) is 7.44. The highest BCUT2D eigenvalue weighted by Crippen LogP contribution is 2.15. The summed E-state index contributed by atoms with van der Waals surface area (Å²) >= 11 is 0. The molecular formula is C12H24N2O2. The van der Waals surface area contributed by atoms with E-state index in [4.69, 9.17) is 0 Å². The Labute approximate surface area is 97.8 Å². The van der Waals surface area contributed by atoms with Crippen molar-refractivity contribution in [2.75, 3.05) is 13.1 Å². The first-order valence-corrected chi connectivity index (χ1v) is 6.20. The molecule has 1 heterocycles. The van der Waals surface area contributed by atoms with E-state index in [2.05, 4.69) is 24.5 Å². The highest BCUT2D eigenvalue weighted by Gasteiger charge is 2.29. The fourth-order valence-corrected chi connectivity index (χ4v) is 2.19. The number of carbonyl (C=O) groups is 1. The fourth-order valence-electron chi connectivity index (χ4n) is 2.19. The van der Waals surface area contributed by atoms with Gasteiger partial charge in [-0.1, -0.05) is 13.8 Å². The molecule has 0 spiro atoms. The molecule has 0 aromatic rings. The van der Waals surface area contributed by atoms with Crippen molar-refractivity contribution in [1.82, 2.24) is 10.6 Å². The maximum absolute atomic E-state index is 11.8. The van der Waals surface area contributed by atoms with Crippen LogP contribution in [0.5, 0.6) is 0 Å². The topological polar surface area (TPSA) is 61.4 Å². The third kappa shape index (κ3) is 4.10. The first kappa shape index (κ1) is 13.5. The predicted molar refractivity (Wildman–Crippen MR) is 64.0 cm³/mol. The largest absolute Gasteiger partial charge is 0.391 e. The van der Waals surface area contributed by atoms with E-state index in [9.17, 15) is 9.90 Å². The minimum atomic E-state index is -0.423. The quantitative estimate of drug-likeness (QED) is 0.642. The Morgan fingerprint density at radius 3 is 2.75 bits per heavy atom. The van der Waals surface area contributed by atoms with Crippen molar-refractivity contribution in [2.45, 2.75) is 45.8 Å². The molecule has 1 aliphatic rings. The third-order valence-electron chi connectivity index (χ3n) is 3.12. The average molecular weight is 228 g/mol. The molecule has 1 rings (SSSR count). The van der Waals surface area contributed by atoms with Crippen LogP contribution in [0.25, 0.3) is 0 Å². The molecule has 0 aromatic carbocycles. The molecule has 3 unspecified atom stereocenters. The molecule has 3 N–H and O–H groups in total. The number of amides is 1. The summed E-state index contributed by atoms with van der Waals surface area (Å²) < 4.78 is 0. The minimum Gasteiger partial charge on any atom is -0.391 e. The lowest BCUT2D eigenvalue weighted by Gasteiger charge is -2.18. The van der Waals surface area contributed by atoms with Gasteiger partial charge >= 0.3 is 0 Å². The highest BCUT2D eigenvalue weighted by molar-refractivity contribution is 5.79. The standard InChI is InChI=1S/C12H24N2O2/c1-8(2)6-10(15)7-14-12(16)11-4-5-13-9(11)3/h8-11,13,15H,4-7H2,1-3H3,(H,14,16). The Bertz CT molecular complexity index is 231. The highest BCUT2D eigenvalue weighted by atomic mass is 16.3. The number of carbonyl (C=O) groups excluding carboxylic acids is 1. The number of rotatable bonds is 5. The molecule has 0 aromatic heterocycles. The molecular weight excluding hydrogens is 204 g/mol. The maximum atomic E-state index is 11.8. The average Bonchev–Trinajstić information content (AvgIpc) is 2.60. The normalized spacial score (nSPS) is 27.1. The van der Waals surface area contributed by atoms with Gasteiger partial charge in [0, 0.05) is 12.6 Å². The summed E-state index contributed by atoms with van der Waals surface area (Å²) in [7, 11) is 0. The number of aliphatic hydroxyl groups excluding tert-OH is 1. The summed E-state index contributed by atoms with van der Waals surface area (Å²) in [5.41, 5.74) is 0. The molecule has 0 bridgehead atoms. The zero-order chi connectivity index (χ0) is 12.1. The third-order valence-corrected chi connectivity index (χ3v) is 3.12. The van der Waals surface area contributed by atoms with E-state index in [0.717, 1.165) is 19.4 Å². The van der Waals surface area contributed by atoms with Gasteiger partial charge < -0.3 is 15.7 Å². The van der Waals surface area contributed by atoms with Gasteiger partial charge in [0.05, 0.1) is 12.0 Å². The van der Waals surface area contributed by atoms with Gasteiger partial charge in [0.2, 0.25) is 5.91 Å². The van der Waals surface area contributed by atoms with Crippen LogP contribution in [0.2, 0.25) is 0 Å². The molecule has 0 saturated carbocycles. The Hall–Kier alpha value is -0.610. The molecule has 16 heavy (non-hydrogen) atoms. The van der Waals surface area contributed by atoms with Crippen LogP contribution in [0.15, 0.2) is 0 Å². The molecule has 3 atom stereocenters. The number of nitrogens with one attached hydrogen (secondary N) is 2. The van der Waals surface area contributed by atoms with Crippen molar-refractivity contribution in [3.63, 3.8) is 0 Å². The summed E-state index contributed by atoms with van der Waals surface area (Å²) in [4.78, 5) is 11.8. The van der Waals surface area contributed by atoms with E-state index in [1.165, 1.54) is 0 Å². The summed E-state index contributed by atoms with van der Waals surface area (Å²) in [6, 6.07) is 0.252. The fraction of sp³-hybridized carbons (Fsp3) is 0.917. The first-order valence-electron chi connectivity index (χ1n) is 6.20. The Morgan fingerprint density at radius 1 is 1.56 bits per heavy atom. The van der Waals surface area contributed by atoms with Crippen molar-refractivity contribution < 1.29 is 9.90 Å². The van der Waals surface area contributed by atoms with Gasteiger partial charge in [0.25, 0.3) is 0 Å². The van der Waals surface area contributed by atoms with E-state index in [0.29, 0.717) is 12.5 Å². The van der Waals surface area contributed by atoms with Crippen molar-refractivity contribution in [3.05, 3.63) is 0 Å². The zero-order valence-corrected chi connectivity index (χ0v) is 10.5. The number of hydrogen-bond acceptors (Lipinski definition) is 3. The van der Waals surface area contributed by atoms with E-state index < -0.39 is 6.10 Å². The summed E-state index contributed by atoms with van der Waals surface area (Å²) in [6.07, 6.45) is 1.21. The van der Waals surface area contributed by atoms with E-state index in [1.807, 2.05) is 6.92 Å². The van der Waals surface area contributed by atoms with Crippen molar-refractivity contribution in [1.29, 1.82) is 0 Å². The number of hydrogen-bond donors (Lipinski definition) is 3. The van der Waals surface area contributed by atoms with Gasteiger partial charge in [-0.2, -0.15) is 0 Å². The van der Waals surface area contributed by atoms with Gasteiger partial charge in [0.15, 0.2) is 0 Å². The monoisotopic (exact) mass is 228 g/mol. The van der Waals surface area contributed by atoms with Gasteiger partial charge in [-0.3, -0.25) is 4.79 Å². The van der Waals surface area contributed by atoms with Gasteiger partial charge in [0.1, 0.15) is 0 Å². The minimum absolute atomic E-state index is 0.0613. The molecule has 4 heteroatoms. The predicted octanol–water partition coefficient (Wildman–Crippen LogP) is 0.508. The van der Waals surface area contributed by atoms with Crippen molar-refractivity contribution in [2.24, 2.45) is 11.8 Å². The van der Waals surface area contributed by atoms with Crippen LogP contribution in [-0.2, 0) is 4.79 Å². The van der Waals surface area contributed by atoms with Gasteiger partial charge in [-0.15, -0.1) is 0 Å². The Morgan fingerprint density at radius 2 is 2.25 bits per heavy atom. The summed E-state index contributed by atoms with van der Waals surface area (Å²) in [5.74, 6) is 0.588. The van der Waals surface area contributed by atoms with Crippen LogP contribution < -0.4 is 10.6 Å². The van der Waals surface area contributed by atoms with E-state index >= 15 is 0 Å². The Balaban J connectivity index is 2.24.